The van der Waals surface area contributed by atoms with Crippen LogP contribution in [0.15, 0.2) is 48.5 Å². The van der Waals surface area contributed by atoms with E-state index >= 15 is 0 Å². The van der Waals surface area contributed by atoms with Crippen molar-refractivity contribution in [3.63, 3.8) is 0 Å². The number of aromatic nitrogens is 2. The third-order valence-corrected chi connectivity index (χ3v) is 3.69. The number of H-pyrrole nitrogens is 1. The number of aliphatic hydroxyl groups is 1. The summed E-state index contributed by atoms with van der Waals surface area (Å²) < 4.78 is 0. The van der Waals surface area contributed by atoms with Crippen molar-refractivity contribution in [1.29, 1.82) is 0 Å². The van der Waals surface area contributed by atoms with Gasteiger partial charge in [-0.3, -0.25) is 9.89 Å². The molecule has 1 atom stereocenters. The van der Waals surface area contributed by atoms with E-state index in [-0.39, 0.29) is 12.5 Å². The van der Waals surface area contributed by atoms with Crippen molar-refractivity contribution < 1.29 is 9.90 Å². The standard InChI is InChI=1S/C17H17N3O2/c1-11-6-2-3-7-12(11)15(21)10-18-17(22)16-13-8-4-5-9-14(13)19-20-16/h2-9,15,21H,10H2,1H3,(H,18,22)(H,19,20). The Labute approximate surface area is 128 Å². The minimum Gasteiger partial charge on any atom is -0.387 e. The van der Waals surface area contributed by atoms with Crippen LogP contribution in [0.5, 0.6) is 0 Å². The van der Waals surface area contributed by atoms with Crippen LogP contribution in [0.3, 0.4) is 0 Å². The van der Waals surface area contributed by atoms with Crippen LogP contribution in [0.2, 0.25) is 0 Å². The summed E-state index contributed by atoms with van der Waals surface area (Å²) in [6.07, 6.45) is -0.740. The normalized spacial score (nSPS) is 12.3. The zero-order chi connectivity index (χ0) is 15.5. The van der Waals surface area contributed by atoms with Crippen molar-refractivity contribution in [3.8, 4) is 0 Å². The minimum atomic E-state index is -0.740. The number of aliphatic hydroxyl groups excluding tert-OH is 1. The lowest BCUT2D eigenvalue weighted by Gasteiger charge is -2.14. The van der Waals surface area contributed by atoms with Crippen LogP contribution < -0.4 is 5.32 Å². The number of aromatic amines is 1. The highest BCUT2D eigenvalue weighted by Crippen LogP contribution is 2.17. The maximum atomic E-state index is 12.2. The first-order valence-corrected chi connectivity index (χ1v) is 7.11. The smallest absolute Gasteiger partial charge is 0.272 e. The Morgan fingerprint density at radius 2 is 1.95 bits per heavy atom. The van der Waals surface area contributed by atoms with Crippen molar-refractivity contribution in [2.24, 2.45) is 0 Å². The fourth-order valence-corrected chi connectivity index (χ4v) is 2.48. The van der Waals surface area contributed by atoms with Gasteiger partial charge in [-0.2, -0.15) is 5.10 Å². The zero-order valence-corrected chi connectivity index (χ0v) is 12.2. The van der Waals surface area contributed by atoms with E-state index in [9.17, 15) is 9.90 Å². The van der Waals surface area contributed by atoms with Gasteiger partial charge in [0.1, 0.15) is 0 Å². The molecule has 0 bridgehead atoms. The monoisotopic (exact) mass is 295 g/mol. The first-order chi connectivity index (χ1) is 10.7. The lowest BCUT2D eigenvalue weighted by atomic mass is 10.0. The van der Waals surface area contributed by atoms with Crippen LogP contribution in [0, 0.1) is 6.92 Å². The fraction of sp³-hybridized carbons (Fsp3) is 0.176. The van der Waals surface area contributed by atoms with Crippen LogP contribution in [-0.2, 0) is 0 Å². The molecule has 3 rings (SSSR count). The second-order valence-corrected chi connectivity index (χ2v) is 5.20. The van der Waals surface area contributed by atoms with Crippen LogP contribution in [0.4, 0.5) is 0 Å². The first-order valence-electron chi connectivity index (χ1n) is 7.11. The Balaban J connectivity index is 1.71. The molecule has 0 radical (unpaired) electrons. The number of amides is 1. The van der Waals surface area contributed by atoms with Crippen molar-refractivity contribution >= 4 is 16.8 Å². The number of nitrogens with zero attached hydrogens (tertiary/aromatic N) is 1. The molecule has 0 aliphatic rings. The molecule has 3 aromatic rings. The number of carbonyl (C=O) groups is 1. The van der Waals surface area contributed by atoms with Gasteiger partial charge in [-0.25, -0.2) is 0 Å². The maximum Gasteiger partial charge on any atom is 0.272 e. The summed E-state index contributed by atoms with van der Waals surface area (Å²) in [4.78, 5) is 12.2. The van der Waals surface area contributed by atoms with Gasteiger partial charge in [0.2, 0.25) is 0 Å². The number of hydrogen-bond donors (Lipinski definition) is 3. The number of nitrogens with one attached hydrogen (secondary N) is 2. The summed E-state index contributed by atoms with van der Waals surface area (Å²) in [5, 5.41) is 20.6. The molecule has 0 aliphatic carbocycles. The number of rotatable bonds is 4. The molecule has 2 aromatic carbocycles. The van der Waals surface area contributed by atoms with Gasteiger partial charge in [-0.15, -0.1) is 0 Å². The highest BCUT2D eigenvalue weighted by molar-refractivity contribution is 6.04. The predicted molar refractivity (Wildman–Crippen MR) is 84.6 cm³/mol. The zero-order valence-electron chi connectivity index (χ0n) is 12.2. The van der Waals surface area contributed by atoms with Crippen molar-refractivity contribution in [3.05, 3.63) is 65.4 Å². The Kier molecular flexibility index (Phi) is 3.89. The molecule has 0 fully saturated rings. The Bertz CT molecular complexity index is 810. The SMILES string of the molecule is Cc1ccccc1C(O)CNC(=O)c1n[nH]c2ccccc12. The lowest BCUT2D eigenvalue weighted by molar-refractivity contribution is 0.0912. The van der Waals surface area contributed by atoms with Crippen LogP contribution in [-0.4, -0.2) is 27.8 Å². The number of aryl methyl sites for hydroxylation is 1. The van der Waals surface area contributed by atoms with E-state index in [1.165, 1.54) is 0 Å². The third kappa shape index (κ3) is 2.71. The summed E-state index contributed by atoms with van der Waals surface area (Å²) >= 11 is 0. The fourth-order valence-electron chi connectivity index (χ4n) is 2.48. The van der Waals surface area contributed by atoms with Gasteiger partial charge in [0, 0.05) is 11.9 Å². The maximum absolute atomic E-state index is 12.2. The first kappa shape index (κ1) is 14.3. The molecule has 1 amide bonds. The second-order valence-electron chi connectivity index (χ2n) is 5.20. The third-order valence-electron chi connectivity index (χ3n) is 3.69. The number of para-hydroxylation sites is 1. The highest BCUT2D eigenvalue weighted by Gasteiger charge is 2.16. The molecule has 1 unspecified atom stereocenters. The van der Waals surface area contributed by atoms with Crippen molar-refractivity contribution in [2.45, 2.75) is 13.0 Å². The molecule has 22 heavy (non-hydrogen) atoms. The molecule has 1 aromatic heterocycles. The summed E-state index contributed by atoms with van der Waals surface area (Å²) in [7, 11) is 0. The van der Waals surface area contributed by atoms with E-state index in [1.807, 2.05) is 55.5 Å². The van der Waals surface area contributed by atoms with E-state index < -0.39 is 6.10 Å². The molecule has 112 valence electrons. The number of carbonyl (C=O) groups excluding carboxylic acids is 1. The second kappa shape index (κ2) is 5.99. The highest BCUT2D eigenvalue weighted by atomic mass is 16.3. The average molecular weight is 295 g/mol. The minimum absolute atomic E-state index is 0.144. The Morgan fingerprint density at radius 3 is 2.77 bits per heavy atom. The van der Waals surface area contributed by atoms with Gasteiger partial charge < -0.3 is 10.4 Å². The quantitative estimate of drug-likeness (QED) is 0.691. The molecular formula is C17H17N3O2. The summed E-state index contributed by atoms with van der Waals surface area (Å²) in [6.45, 7) is 2.08. The summed E-state index contributed by atoms with van der Waals surface area (Å²) in [5.41, 5.74) is 2.96. The van der Waals surface area contributed by atoms with Crippen molar-refractivity contribution in [1.82, 2.24) is 15.5 Å². The van der Waals surface area contributed by atoms with E-state index in [0.29, 0.717) is 5.69 Å². The number of hydrogen-bond acceptors (Lipinski definition) is 3. The average Bonchev–Trinajstić information content (AvgIpc) is 2.97. The number of fused-ring (bicyclic) bond motifs is 1. The van der Waals surface area contributed by atoms with Gasteiger partial charge in [0.25, 0.3) is 5.91 Å². The van der Waals surface area contributed by atoms with E-state index in [0.717, 1.165) is 22.0 Å². The lowest BCUT2D eigenvalue weighted by Crippen LogP contribution is -2.29. The summed E-state index contributed by atoms with van der Waals surface area (Å²) in [6, 6.07) is 15.0. The molecule has 1 heterocycles. The van der Waals surface area contributed by atoms with Crippen LogP contribution in [0.1, 0.15) is 27.7 Å². The predicted octanol–water partition coefficient (Wildman–Crippen LogP) is 2.33. The Hall–Kier alpha value is -2.66. The van der Waals surface area contributed by atoms with Gasteiger partial charge >= 0.3 is 0 Å². The number of benzene rings is 2. The van der Waals surface area contributed by atoms with E-state index in [1.54, 1.807) is 0 Å². The molecule has 0 spiro atoms. The largest absolute Gasteiger partial charge is 0.387 e. The molecular weight excluding hydrogens is 278 g/mol. The van der Waals surface area contributed by atoms with Gasteiger partial charge in [-0.1, -0.05) is 42.5 Å². The molecule has 0 saturated carbocycles. The molecule has 5 nitrogen and oxygen atoms in total. The van der Waals surface area contributed by atoms with E-state index in [2.05, 4.69) is 15.5 Å². The molecule has 5 heteroatoms. The van der Waals surface area contributed by atoms with Gasteiger partial charge in [-0.05, 0) is 24.1 Å². The molecule has 0 saturated heterocycles. The molecule has 0 aliphatic heterocycles. The van der Waals surface area contributed by atoms with Crippen LogP contribution in [0.25, 0.3) is 10.9 Å². The summed E-state index contributed by atoms with van der Waals surface area (Å²) in [5.74, 6) is -0.301. The van der Waals surface area contributed by atoms with Crippen LogP contribution >= 0.6 is 0 Å². The Morgan fingerprint density at radius 1 is 1.23 bits per heavy atom. The van der Waals surface area contributed by atoms with E-state index in [4.69, 9.17) is 0 Å². The van der Waals surface area contributed by atoms with Gasteiger partial charge in [0.05, 0.1) is 11.6 Å². The topological polar surface area (TPSA) is 78.0 Å². The van der Waals surface area contributed by atoms with Crippen molar-refractivity contribution in [2.75, 3.05) is 6.54 Å². The molecule has 3 N–H and O–H groups in total. The van der Waals surface area contributed by atoms with Gasteiger partial charge in [0.15, 0.2) is 5.69 Å².